The van der Waals surface area contributed by atoms with Gasteiger partial charge in [0.25, 0.3) is 0 Å². The first-order valence-corrected chi connectivity index (χ1v) is 12.0. The van der Waals surface area contributed by atoms with E-state index in [-0.39, 0.29) is 12.3 Å². The standard InChI is InChI=1S/C27H23N5O4S/c33-25(31-35)2-1-13-36-20-9-7-18(8-10-20)17-3-5-19(6-4-17)23-14-24(32-26(34)16-29-27(32)37)21-15-28-12-11-22(21)30-23/h3-12,14-16,34-35H,1-2,13H2,(H,29,37)(H,31,33). The molecular weight excluding hydrogens is 490 g/mol. The number of hydrogen-bond acceptors (Lipinski definition) is 7. The average molecular weight is 514 g/mol. The van der Waals surface area contributed by atoms with Gasteiger partial charge in [-0.25, -0.2) is 10.5 Å². The Balaban J connectivity index is 1.38. The Bertz CT molecular complexity index is 1610. The number of carbonyl (C=O) groups excluding carboxylic acids is 1. The Kier molecular flexibility index (Phi) is 6.93. The monoisotopic (exact) mass is 513 g/mol. The van der Waals surface area contributed by atoms with Crippen molar-refractivity contribution in [1.29, 1.82) is 0 Å². The van der Waals surface area contributed by atoms with E-state index in [1.165, 1.54) is 6.20 Å². The van der Waals surface area contributed by atoms with Gasteiger partial charge in [0.2, 0.25) is 11.8 Å². The minimum atomic E-state index is -0.430. The summed E-state index contributed by atoms with van der Waals surface area (Å²) >= 11 is 5.38. The number of hydroxylamine groups is 1. The van der Waals surface area contributed by atoms with Crippen LogP contribution in [-0.4, -0.2) is 42.3 Å². The minimum Gasteiger partial charge on any atom is -0.494 e. The zero-order chi connectivity index (χ0) is 25.8. The number of amides is 1. The Hall–Kier alpha value is -4.54. The van der Waals surface area contributed by atoms with Gasteiger partial charge in [-0.05, 0) is 54.0 Å². The van der Waals surface area contributed by atoms with E-state index in [0.29, 0.717) is 29.2 Å². The zero-order valence-electron chi connectivity index (χ0n) is 19.6. The number of aromatic nitrogens is 4. The summed E-state index contributed by atoms with van der Waals surface area (Å²) in [6.07, 6.45) is 5.54. The maximum absolute atomic E-state index is 11.1. The van der Waals surface area contributed by atoms with Crippen LogP contribution in [0.4, 0.5) is 0 Å². The molecule has 5 aromatic rings. The number of nitrogens with one attached hydrogen (secondary N) is 2. The lowest BCUT2D eigenvalue weighted by atomic mass is 10.0. The van der Waals surface area contributed by atoms with Crippen molar-refractivity contribution in [2.45, 2.75) is 12.8 Å². The summed E-state index contributed by atoms with van der Waals surface area (Å²) in [5.41, 5.74) is 6.75. The number of H-pyrrole nitrogens is 1. The molecular formula is C27H23N5O4S. The predicted octanol–water partition coefficient (Wildman–Crippen LogP) is 5.18. The van der Waals surface area contributed by atoms with Gasteiger partial charge in [-0.3, -0.25) is 19.6 Å². The molecule has 0 aliphatic rings. The van der Waals surface area contributed by atoms with E-state index in [2.05, 4.69) is 9.97 Å². The number of ether oxygens (including phenoxy) is 1. The summed E-state index contributed by atoms with van der Waals surface area (Å²) in [7, 11) is 0. The fourth-order valence-electron chi connectivity index (χ4n) is 4.03. The molecule has 1 amide bonds. The summed E-state index contributed by atoms with van der Waals surface area (Å²) in [5, 5.41) is 19.7. The average Bonchev–Trinajstić information content (AvgIpc) is 3.28. The molecule has 0 saturated carbocycles. The third kappa shape index (κ3) is 5.20. The van der Waals surface area contributed by atoms with Gasteiger partial charge < -0.3 is 14.8 Å². The van der Waals surface area contributed by atoms with Crippen LogP contribution in [0.5, 0.6) is 11.6 Å². The molecule has 0 fully saturated rings. The van der Waals surface area contributed by atoms with E-state index in [0.717, 1.165) is 33.3 Å². The highest BCUT2D eigenvalue weighted by atomic mass is 32.1. The van der Waals surface area contributed by atoms with Crippen LogP contribution in [0.3, 0.4) is 0 Å². The van der Waals surface area contributed by atoms with Crippen LogP contribution in [0, 0.1) is 4.77 Å². The topological polar surface area (TPSA) is 125 Å². The largest absolute Gasteiger partial charge is 0.494 e. The smallest absolute Gasteiger partial charge is 0.243 e. The van der Waals surface area contributed by atoms with Gasteiger partial charge in [-0.15, -0.1) is 0 Å². The van der Waals surface area contributed by atoms with Crippen molar-refractivity contribution in [2.75, 3.05) is 6.61 Å². The van der Waals surface area contributed by atoms with Crippen molar-refractivity contribution in [3.8, 4) is 39.7 Å². The number of nitrogens with zero attached hydrogens (tertiary/aromatic N) is 3. The summed E-state index contributed by atoms with van der Waals surface area (Å²) in [5.74, 6) is 0.283. The van der Waals surface area contributed by atoms with Gasteiger partial charge in [-0.2, -0.15) is 0 Å². The van der Waals surface area contributed by atoms with Crippen molar-refractivity contribution >= 4 is 29.0 Å². The van der Waals surface area contributed by atoms with Crippen LogP contribution >= 0.6 is 12.2 Å². The Labute approximate surface area is 217 Å². The highest BCUT2D eigenvalue weighted by Gasteiger charge is 2.13. The molecule has 3 heterocycles. The second kappa shape index (κ2) is 10.6. The van der Waals surface area contributed by atoms with Gasteiger partial charge in [0, 0.05) is 29.8 Å². The lowest BCUT2D eigenvalue weighted by Gasteiger charge is -2.12. The van der Waals surface area contributed by atoms with Gasteiger partial charge in [0.05, 0.1) is 29.7 Å². The molecule has 0 aliphatic heterocycles. The van der Waals surface area contributed by atoms with E-state index in [9.17, 15) is 9.90 Å². The molecule has 0 spiro atoms. The summed E-state index contributed by atoms with van der Waals surface area (Å²) in [6, 6.07) is 19.5. The SMILES string of the molecule is O=C(CCCOc1ccc(-c2ccc(-c3cc(-n4c(O)c[nH]c4=S)c4cnccc4n3)cc2)cc1)NO. The van der Waals surface area contributed by atoms with E-state index < -0.39 is 5.91 Å². The lowest BCUT2D eigenvalue weighted by Crippen LogP contribution is -2.18. The highest BCUT2D eigenvalue weighted by molar-refractivity contribution is 7.71. The molecule has 5 rings (SSSR count). The maximum atomic E-state index is 11.1. The second-order valence-electron chi connectivity index (χ2n) is 8.30. The van der Waals surface area contributed by atoms with Gasteiger partial charge in [0.1, 0.15) is 5.75 Å². The summed E-state index contributed by atoms with van der Waals surface area (Å²) in [4.78, 5) is 22.9. The molecule has 9 nitrogen and oxygen atoms in total. The van der Waals surface area contributed by atoms with Gasteiger partial charge in [-0.1, -0.05) is 36.4 Å². The number of aromatic amines is 1. The Morgan fingerprint density at radius 2 is 1.76 bits per heavy atom. The molecule has 186 valence electrons. The number of fused-ring (bicyclic) bond motifs is 1. The van der Waals surface area contributed by atoms with Gasteiger partial charge in [0.15, 0.2) is 4.77 Å². The third-order valence-electron chi connectivity index (χ3n) is 5.90. The van der Waals surface area contributed by atoms with Crippen LogP contribution in [0.25, 0.3) is 39.0 Å². The minimum absolute atomic E-state index is 0.00531. The first kappa shape index (κ1) is 24.2. The molecule has 0 aliphatic carbocycles. The molecule has 0 saturated heterocycles. The number of pyridine rings is 2. The van der Waals surface area contributed by atoms with Crippen molar-refractivity contribution in [3.05, 3.63) is 84.0 Å². The van der Waals surface area contributed by atoms with Crippen LogP contribution < -0.4 is 10.2 Å². The molecule has 0 bridgehead atoms. The molecule has 2 aromatic carbocycles. The zero-order valence-corrected chi connectivity index (χ0v) is 20.4. The second-order valence-corrected chi connectivity index (χ2v) is 8.68. The first-order valence-electron chi connectivity index (χ1n) is 11.5. The number of rotatable bonds is 8. The quantitative estimate of drug-likeness (QED) is 0.0975. The molecule has 0 radical (unpaired) electrons. The van der Waals surface area contributed by atoms with Crippen molar-refractivity contribution in [3.63, 3.8) is 0 Å². The van der Waals surface area contributed by atoms with Crippen molar-refractivity contribution in [2.24, 2.45) is 0 Å². The van der Waals surface area contributed by atoms with Gasteiger partial charge >= 0.3 is 0 Å². The molecule has 0 unspecified atom stereocenters. The maximum Gasteiger partial charge on any atom is 0.243 e. The summed E-state index contributed by atoms with van der Waals surface area (Å²) in [6.45, 7) is 0.379. The molecule has 37 heavy (non-hydrogen) atoms. The van der Waals surface area contributed by atoms with Crippen molar-refractivity contribution in [1.82, 2.24) is 25.0 Å². The predicted molar refractivity (Wildman–Crippen MR) is 141 cm³/mol. The van der Waals surface area contributed by atoms with Crippen LogP contribution in [0.2, 0.25) is 0 Å². The van der Waals surface area contributed by atoms with Crippen LogP contribution in [0.1, 0.15) is 12.8 Å². The Morgan fingerprint density at radius 1 is 1.05 bits per heavy atom. The van der Waals surface area contributed by atoms with E-state index in [1.807, 2.05) is 60.7 Å². The summed E-state index contributed by atoms with van der Waals surface area (Å²) < 4.78 is 7.59. The molecule has 4 N–H and O–H groups in total. The van der Waals surface area contributed by atoms with E-state index >= 15 is 0 Å². The number of imidazole rings is 1. The fourth-order valence-corrected chi connectivity index (χ4v) is 4.28. The number of carbonyl (C=O) groups is 1. The fraction of sp³-hybridized carbons (Fsp3) is 0.111. The molecule has 0 atom stereocenters. The lowest BCUT2D eigenvalue weighted by molar-refractivity contribution is -0.129. The van der Waals surface area contributed by atoms with E-state index in [1.54, 1.807) is 22.4 Å². The number of aromatic hydroxyl groups is 1. The van der Waals surface area contributed by atoms with Crippen LogP contribution in [-0.2, 0) is 4.79 Å². The normalized spacial score (nSPS) is 10.9. The highest BCUT2D eigenvalue weighted by Crippen LogP contribution is 2.31. The van der Waals surface area contributed by atoms with Crippen molar-refractivity contribution < 1.29 is 19.8 Å². The Morgan fingerprint density at radius 3 is 2.43 bits per heavy atom. The molecule has 3 aromatic heterocycles. The van der Waals surface area contributed by atoms with Crippen LogP contribution in [0.15, 0.2) is 79.3 Å². The third-order valence-corrected chi connectivity index (χ3v) is 6.20. The number of benzene rings is 2. The molecule has 10 heteroatoms. The first-order chi connectivity index (χ1) is 18.0. The van der Waals surface area contributed by atoms with E-state index in [4.69, 9.17) is 27.1 Å². The number of hydrogen-bond donors (Lipinski definition) is 4.